The highest BCUT2D eigenvalue weighted by molar-refractivity contribution is 7.80. The van der Waals surface area contributed by atoms with Crippen LogP contribution in [0.3, 0.4) is 0 Å². The Kier molecular flexibility index (Phi) is 3.84. The summed E-state index contributed by atoms with van der Waals surface area (Å²) in [4.78, 5) is 0. The molecule has 0 amide bonds. The Bertz CT molecular complexity index is 324. The van der Waals surface area contributed by atoms with Gasteiger partial charge in [-0.25, -0.2) is 0 Å². The molecule has 2 aliphatic rings. The molecule has 0 nitrogen and oxygen atoms in total. The zero-order valence-corrected chi connectivity index (χ0v) is 11.7. The molecule has 0 spiro atoms. The maximum Gasteiger partial charge on any atom is 0.0110 e. The molecule has 3 atom stereocenters. The molecule has 0 aromatic carbocycles. The molecule has 0 aromatic heterocycles. The van der Waals surface area contributed by atoms with Crippen LogP contribution in [-0.2, 0) is 0 Å². The molecule has 16 heavy (non-hydrogen) atoms. The molecule has 3 unspecified atom stereocenters. The fraction of sp³-hybridized carbons (Fsp3) is 0.733. The highest BCUT2D eigenvalue weighted by atomic mass is 32.1. The van der Waals surface area contributed by atoms with Gasteiger partial charge in [0.05, 0.1) is 0 Å². The van der Waals surface area contributed by atoms with E-state index in [1.54, 1.807) is 11.1 Å². The van der Waals surface area contributed by atoms with E-state index in [1.807, 2.05) is 0 Å². The van der Waals surface area contributed by atoms with E-state index < -0.39 is 0 Å². The first kappa shape index (κ1) is 12.3. The van der Waals surface area contributed by atoms with Gasteiger partial charge in [0.15, 0.2) is 0 Å². The second-order valence-corrected chi connectivity index (χ2v) is 6.03. The van der Waals surface area contributed by atoms with Crippen LogP contribution in [0.15, 0.2) is 22.8 Å². The first-order valence-electron chi connectivity index (χ1n) is 6.61. The Morgan fingerprint density at radius 1 is 1.38 bits per heavy atom. The Hall–Kier alpha value is -0.170. The highest BCUT2D eigenvalue weighted by Gasteiger charge is 2.35. The molecule has 0 N–H and O–H groups in total. The molecular weight excluding hydrogens is 212 g/mol. The molecule has 0 radical (unpaired) electrons. The van der Waals surface area contributed by atoms with Crippen LogP contribution in [-0.4, -0.2) is 5.75 Å². The quantitative estimate of drug-likeness (QED) is 0.524. The summed E-state index contributed by atoms with van der Waals surface area (Å²) in [5.41, 5.74) is 4.92. The van der Waals surface area contributed by atoms with Gasteiger partial charge in [-0.05, 0) is 57.3 Å². The van der Waals surface area contributed by atoms with Gasteiger partial charge in [0.2, 0.25) is 0 Å². The van der Waals surface area contributed by atoms with Gasteiger partial charge in [-0.15, -0.1) is 0 Å². The van der Waals surface area contributed by atoms with Crippen LogP contribution in [0.5, 0.6) is 0 Å². The summed E-state index contributed by atoms with van der Waals surface area (Å²) in [6.45, 7) is 7.00. The molecule has 1 fully saturated rings. The van der Waals surface area contributed by atoms with Crippen molar-refractivity contribution in [2.45, 2.75) is 46.5 Å². The zero-order chi connectivity index (χ0) is 11.7. The number of fused-ring (bicyclic) bond motifs is 1. The van der Waals surface area contributed by atoms with E-state index >= 15 is 0 Å². The second-order valence-electron chi connectivity index (χ2n) is 5.71. The normalized spacial score (nSPS) is 35.5. The van der Waals surface area contributed by atoms with E-state index in [4.69, 9.17) is 0 Å². The van der Waals surface area contributed by atoms with E-state index in [-0.39, 0.29) is 0 Å². The van der Waals surface area contributed by atoms with Gasteiger partial charge in [-0.3, -0.25) is 0 Å². The largest absolute Gasteiger partial charge is 0.175 e. The maximum atomic E-state index is 4.37. The van der Waals surface area contributed by atoms with Gasteiger partial charge in [0.1, 0.15) is 0 Å². The highest BCUT2D eigenvalue weighted by Crippen LogP contribution is 2.48. The van der Waals surface area contributed by atoms with Crippen LogP contribution in [0.1, 0.15) is 46.5 Å². The summed E-state index contributed by atoms with van der Waals surface area (Å²) in [6.07, 6.45) is 8.00. The predicted octanol–water partition coefficient (Wildman–Crippen LogP) is 4.64. The summed E-state index contributed by atoms with van der Waals surface area (Å²) in [6, 6.07) is 0. The monoisotopic (exact) mass is 236 g/mol. The first-order chi connectivity index (χ1) is 7.63. The number of allylic oxidation sites excluding steroid dienone is 3. The standard InChI is InChI=1S/C15H24S/c1-10(9-16)8-13-6-4-11(2)14-7-5-12(3)15(13)14/h8,11,13-14,16H,4-7,9H2,1-3H3. The summed E-state index contributed by atoms with van der Waals surface area (Å²) >= 11 is 4.37. The summed E-state index contributed by atoms with van der Waals surface area (Å²) in [5.74, 6) is 3.44. The van der Waals surface area contributed by atoms with Gasteiger partial charge in [-0.2, -0.15) is 12.6 Å². The molecule has 2 rings (SSSR count). The molecular formula is C15H24S. The molecule has 2 aliphatic carbocycles. The minimum Gasteiger partial charge on any atom is -0.175 e. The first-order valence-corrected chi connectivity index (χ1v) is 7.24. The van der Waals surface area contributed by atoms with Crippen LogP contribution < -0.4 is 0 Å². The van der Waals surface area contributed by atoms with Crippen LogP contribution in [0, 0.1) is 17.8 Å². The smallest absolute Gasteiger partial charge is 0.0110 e. The summed E-state index contributed by atoms with van der Waals surface area (Å²) in [5, 5.41) is 0. The molecule has 1 saturated carbocycles. The number of rotatable bonds is 2. The Labute approximate surface area is 106 Å². The lowest BCUT2D eigenvalue weighted by molar-refractivity contribution is 0.300. The van der Waals surface area contributed by atoms with Crippen molar-refractivity contribution >= 4 is 12.6 Å². The van der Waals surface area contributed by atoms with Crippen molar-refractivity contribution in [3.05, 3.63) is 22.8 Å². The summed E-state index contributed by atoms with van der Waals surface area (Å²) in [7, 11) is 0. The van der Waals surface area contributed by atoms with Crippen molar-refractivity contribution in [1.82, 2.24) is 0 Å². The molecule has 0 saturated heterocycles. The van der Waals surface area contributed by atoms with Crippen LogP contribution in [0.2, 0.25) is 0 Å². The van der Waals surface area contributed by atoms with Gasteiger partial charge in [0.25, 0.3) is 0 Å². The third kappa shape index (κ3) is 2.25. The topological polar surface area (TPSA) is 0 Å². The van der Waals surface area contributed by atoms with Crippen molar-refractivity contribution < 1.29 is 0 Å². The third-order valence-corrected chi connectivity index (χ3v) is 4.98. The molecule has 0 heterocycles. The van der Waals surface area contributed by atoms with Crippen molar-refractivity contribution in [3.8, 4) is 0 Å². The van der Waals surface area contributed by atoms with Crippen LogP contribution in [0.4, 0.5) is 0 Å². The molecule has 0 aromatic rings. The van der Waals surface area contributed by atoms with Crippen molar-refractivity contribution in [3.63, 3.8) is 0 Å². The van der Waals surface area contributed by atoms with Crippen LogP contribution >= 0.6 is 12.6 Å². The van der Waals surface area contributed by atoms with Gasteiger partial charge >= 0.3 is 0 Å². The van der Waals surface area contributed by atoms with Gasteiger partial charge in [0, 0.05) is 5.75 Å². The lowest BCUT2D eigenvalue weighted by Gasteiger charge is -2.34. The average molecular weight is 236 g/mol. The number of hydrogen-bond acceptors (Lipinski definition) is 1. The Morgan fingerprint density at radius 3 is 2.81 bits per heavy atom. The Morgan fingerprint density at radius 2 is 2.12 bits per heavy atom. The number of hydrogen-bond donors (Lipinski definition) is 1. The number of thiol groups is 1. The lowest BCUT2D eigenvalue weighted by Crippen LogP contribution is -2.23. The molecule has 1 heteroatoms. The SMILES string of the molecule is CC(=CC1CCC(C)C2CCC(C)=C12)CS. The van der Waals surface area contributed by atoms with Crippen molar-refractivity contribution in [2.24, 2.45) is 17.8 Å². The zero-order valence-electron chi connectivity index (χ0n) is 10.8. The van der Waals surface area contributed by atoms with Crippen molar-refractivity contribution in [1.29, 1.82) is 0 Å². The second kappa shape index (κ2) is 5.00. The fourth-order valence-electron chi connectivity index (χ4n) is 3.54. The molecule has 0 aliphatic heterocycles. The van der Waals surface area contributed by atoms with E-state index in [0.717, 1.165) is 23.5 Å². The van der Waals surface area contributed by atoms with Gasteiger partial charge in [-0.1, -0.05) is 29.7 Å². The third-order valence-electron chi connectivity index (χ3n) is 4.48. The van der Waals surface area contributed by atoms with E-state index in [1.165, 1.54) is 31.3 Å². The average Bonchev–Trinajstić information content (AvgIpc) is 2.66. The minimum atomic E-state index is 0.732. The minimum absolute atomic E-state index is 0.732. The Balaban J connectivity index is 2.24. The fourth-order valence-corrected chi connectivity index (χ4v) is 3.64. The summed E-state index contributed by atoms with van der Waals surface area (Å²) < 4.78 is 0. The predicted molar refractivity (Wildman–Crippen MR) is 74.9 cm³/mol. The van der Waals surface area contributed by atoms with E-state index in [2.05, 4.69) is 39.5 Å². The van der Waals surface area contributed by atoms with E-state index in [0.29, 0.717) is 0 Å². The maximum absolute atomic E-state index is 4.37. The molecule has 0 bridgehead atoms. The lowest BCUT2D eigenvalue weighted by atomic mass is 9.71. The molecule has 90 valence electrons. The van der Waals surface area contributed by atoms with Crippen LogP contribution in [0.25, 0.3) is 0 Å². The van der Waals surface area contributed by atoms with Gasteiger partial charge < -0.3 is 0 Å². The van der Waals surface area contributed by atoms with Crippen molar-refractivity contribution in [2.75, 3.05) is 5.75 Å². The van der Waals surface area contributed by atoms with E-state index in [9.17, 15) is 0 Å².